The van der Waals surface area contributed by atoms with E-state index in [9.17, 15) is 14.9 Å². The van der Waals surface area contributed by atoms with Gasteiger partial charge in [-0.25, -0.2) is 0 Å². The molecule has 1 N–H and O–H groups in total. The van der Waals surface area contributed by atoms with Gasteiger partial charge < -0.3 is 4.74 Å². The van der Waals surface area contributed by atoms with Gasteiger partial charge in [0.25, 0.3) is 5.24 Å². The van der Waals surface area contributed by atoms with Crippen molar-refractivity contribution in [2.24, 2.45) is 0 Å². The molecule has 0 atom stereocenters. The number of hydrogen-bond acceptors (Lipinski definition) is 5. The number of halogens is 1. The summed E-state index contributed by atoms with van der Waals surface area (Å²) in [4.78, 5) is 20.3. The van der Waals surface area contributed by atoms with E-state index in [0.29, 0.717) is 0 Å². The van der Waals surface area contributed by atoms with Gasteiger partial charge in [-0.05, 0) is 11.6 Å². The molecule has 0 unspecified atom stereocenters. The number of aromatic amines is 1. The molecular formula is C5H4ClN3O4. The SMILES string of the molecule is COc1n[nH]c(C(=O)Cl)c1[N+](=O)[O-]. The summed E-state index contributed by atoms with van der Waals surface area (Å²) in [5, 5.41) is 14.9. The Labute approximate surface area is 76.8 Å². The Morgan fingerprint density at radius 1 is 1.77 bits per heavy atom. The predicted octanol–water partition coefficient (Wildman–Crippen LogP) is 0.705. The highest BCUT2D eigenvalue weighted by Crippen LogP contribution is 2.28. The van der Waals surface area contributed by atoms with Crippen LogP contribution in [0.15, 0.2) is 0 Å². The van der Waals surface area contributed by atoms with Crippen LogP contribution in [0.5, 0.6) is 5.88 Å². The third-order valence-electron chi connectivity index (χ3n) is 1.28. The third-order valence-corrected chi connectivity index (χ3v) is 1.47. The molecule has 1 aromatic heterocycles. The number of methoxy groups -OCH3 is 1. The van der Waals surface area contributed by atoms with Crippen LogP contribution < -0.4 is 4.74 Å². The zero-order valence-electron chi connectivity index (χ0n) is 6.41. The van der Waals surface area contributed by atoms with Gasteiger partial charge in [-0.15, -0.1) is 5.10 Å². The molecule has 0 radical (unpaired) electrons. The maximum absolute atomic E-state index is 10.6. The molecule has 1 heterocycles. The minimum atomic E-state index is -0.984. The number of rotatable bonds is 3. The molecule has 0 saturated carbocycles. The van der Waals surface area contributed by atoms with Crippen molar-refractivity contribution < 1.29 is 14.5 Å². The number of nitrogens with zero attached hydrogens (tertiary/aromatic N) is 2. The molecule has 0 aliphatic heterocycles. The van der Waals surface area contributed by atoms with Gasteiger partial charge in [0.05, 0.1) is 12.0 Å². The van der Waals surface area contributed by atoms with Crippen molar-refractivity contribution in [3.63, 3.8) is 0 Å². The molecule has 0 aliphatic rings. The second-order valence-corrected chi connectivity index (χ2v) is 2.33. The van der Waals surface area contributed by atoms with Crippen molar-refractivity contribution >= 4 is 22.5 Å². The number of ether oxygens (including phenoxy) is 1. The van der Waals surface area contributed by atoms with Gasteiger partial charge in [-0.2, -0.15) is 0 Å². The van der Waals surface area contributed by atoms with Crippen LogP contribution in [0.1, 0.15) is 10.5 Å². The lowest BCUT2D eigenvalue weighted by molar-refractivity contribution is -0.386. The van der Waals surface area contributed by atoms with Crippen molar-refractivity contribution in [3.8, 4) is 5.88 Å². The van der Waals surface area contributed by atoms with E-state index >= 15 is 0 Å². The van der Waals surface area contributed by atoms with Gasteiger partial charge in [-0.1, -0.05) is 0 Å². The largest absolute Gasteiger partial charge is 0.475 e. The van der Waals surface area contributed by atoms with Crippen LogP contribution in [0.4, 0.5) is 5.69 Å². The number of nitrogens with one attached hydrogen (secondary N) is 1. The second kappa shape index (κ2) is 3.40. The van der Waals surface area contributed by atoms with E-state index < -0.39 is 15.9 Å². The van der Waals surface area contributed by atoms with Gasteiger partial charge in [0, 0.05) is 0 Å². The van der Waals surface area contributed by atoms with Crippen LogP contribution in [-0.2, 0) is 0 Å². The smallest absolute Gasteiger partial charge is 0.362 e. The summed E-state index contributed by atoms with van der Waals surface area (Å²) < 4.78 is 4.54. The van der Waals surface area contributed by atoms with Gasteiger partial charge in [0.2, 0.25) is 5.69 Å². The van der Waals surface area contributed by atoms with Crippen LogP contribution in [0, 0.1) is 10.1 Å². The van der Waals surface area contributed by atoms with Crippen molar-refractivity contribution in [3.05, 3.63) is 15.8 Å². The first-order valence-electron chi connectivity index (χ1n) is 3.04. The molecule has 0 bridgehead atoms. The number of aromatic nitrogens is 2. The molecule has 1 aromatic rings. The van der Waals surface area contributed by atoms with Gasteiger partial charge >= 0.3 is 11.6 Å². The topological polar surface area (TPSA) is 98.1 Å². The number of H-pyrrole nitrogens is 1. The third kappa shape index (κ3) is 1.59. The molecule has 8 heteroatoms. The van der Waals surface area contributed by atoms with E-state index in [1.165, 1.54) is 7.11 Å². The fourth-order valence-corrected chi connectivity index (χ4v) is 0.900. The maximum atomic E-state index is 10.6. The molecule has 0 aliphatic carbocycles. The summed E-state index contributed by atoms with van der Waals surface area (Å²) in [5.41, 5.74) is -0.939. The summed E-state index contributed by atoms with van der Waals surface area (Å²) in [6.07, 6.45) is 0. The van der Waals surface area contributed by atoms with Gasteiger partial charge in [-0.3, -0.25) is 20.0 Å². The van der Waals surface area contributed by atoms with Crippen molar-refractivity contribution in [2.75, 3.05) is 7.11 Å². The zero-order chi connectivity index (χ0) is 10.0. The minimum absolute atomic E-state index is 0.269. The standard InChI is InChI=1S/C5H4ClN3O4/c1-13-5-3(9(11)12)2(4(6)10)7-8-5/h1H3,(H,7,8). The fraction of sp³-hybridized carbons (Fsp3) is 0.200. The Balaban J connectivity index is 3.30. The lowest BCUT2D eigenvalue weighted by Gasteiger charge is -1.91. The highest BCUT2D eigenvalue weighted by Gasteiger charge is 2.28. The van der Waals surface area contributed by atoms with Gasteiger partial charge in [0.1, 0.15) is 0 Å². The number of carbonyl (C=O) groups is 1. The summed E-state index contributed by atoms with van der Waals surface area (Å²) in [7, 11) is 1.20. The summed E-state index contributed by atoms with van der Waals surface area (Å²) >= 11 is 5.05. The predicted molar refractivity (Wildman–Crippen MR) is 42.0 cm³/mol. The highest BCUT2D eigenvalue weighted by atomic mass is 35.5. The maximum Gasteiger partial charge on any atom is 0.362 e. The minimum Gasteiger partial charge on any atom is -0.475 e. The van der Waals surface area contributed by atoms with Crippen molar-refractivity contribution in [1.29, 1.82) is 0 Å². The average molecular weight is 206 g/mol. The van der Waals surface area contributed by atoms with Crippen molar-refractivity contribution in [1.82, 2.24) is 10.2 Å². The molecule has 0 aromatic carbocycles. The van der Waals surface area contributed by atoms with Gasteiger partial charge in [0.15, 0.2) is 0 Å². The van der Waals surface area contributed by atoms with Crippen LogP contribution in [0.25, 0.3) is 0 Å². The van der Waals surface area contributed by atoms with E-state index in [2.05, 4.69) is 14.9 Å². The van der Waals surface area contributed by atoms with E-state index in [1.54, 1.807) is 0 Å². The Bertz CT molecular complexity index is 361. The van der Waals surface area contributed by atoms with E-state index in [4.69, 9.17) is 11.6 Å². The first-order chi connectivity index (χ1) is 6.07. The van der Waals surface area contributed by atoms with Crippen molar-refractivity contribution in [2.45, 2.75) is 0 Å². The number of hydrogen-bond donors (Lipinski definition) is 1. The Kier molecular flexibility index (Phi) is 2.47. The first-order valence-corrected chi connectivity index (χ1v) is 3.42. The number of nitro groups is 1. The van der Waals surface area contributed by atoms with E-state index in [1.807, 2.05) is 0 Å². The lowest BCUT2D eigenvalue weighted by Crippen LogP contribution is -1.97. The second-order valence-electron chi connectivity index (χ2n) is 1.99. The highest BCUT2D eigenvalue weighted by molar-refractivity contribution is 6.67. The Morgan fingerprint density at radius 3 is 2.77 bits per heavy atom. The van der Waals surface area contributed by atoms with Crippen LogP contribution >= 0.6 is 11.6 Å². The molecule has 0 fully saturated rings. The molecule has 13 heavy (non-hydrogen) atoms. The molecule has 70 valence electrons. The van der Waals surface area contributed by atoms with Crippen LogP contribution in [0.3, 0.4) is 0 Å². The molecule has 0 spiro atoms. The van der Waals surface area contributed by atoms with E-state index in [0.717, 1.165) is 0 Å². The molecular weight excluding hydrogens is 202 g/mol. The van der Waals surface area contributed by atoms with Crippen LogP contribution in [0.2, 0.25) is 0 Å². The summed E-state index contributed by atoms with van der Waals surface area (Å²) in [5.74, 6) is -0.269. The molecule has 1 rings (SSSR count). The monoisotopic (exact) mass is 205 g/mol. The van der Waals surface area contributed by atoms with Crippen LogP contribution in [-0.4, -0.2) is 27.5 Å². The normalized spacial score (nSPS) is 9.69. The lowest BCUT2D eigenvalue weighted by atomic mass is 10.4. The summed E-state index contributed by atoms with van der Waals surface area (Å²) in [6.45, 7) is 0. The zero-order valence-corrected chi connectivity index (χ0v) is 7.16. The molecule has 0 amide bonds. The first kappa shape index (κ1) is 9.46. The Hall–Kier alpha value is -1.63. The average Bonchev–Trinajstić information content (AvgIpc) is 2.46. The Morgan fingerprint density at radius 2 is 2.38 bits per heavy atom. The summed E-state index contributed by atoms with van der Waals surface area (Å²) in [6, 6.07) is 0. The quantitative estimate of drug-likeness (QED) is 0.445. The van der Waals surface area contributed by atoms with E-state index in [-0.39, 0.29) is 11.6 Å². The number of carbonyl (C=O) groups excluding carboxylic acids is 1. The fourth-order valence-electron chi connectivity index (χ4n) is 0.768. The molecule has 0 saturated heterocycles. The molecule has 7 nitrogen and oxygen atoms in total.